The van der Waals surface area contributed by atoms with Gasteiger partial charge >= 0.3 is 0 Å². The Morgan fingerprint density at radius 3 is 2.69 bits per heavy atom. The fourth-order valence-corrected chi connectivity index (χ4v) is 1.000. The third-order valence-electron chi connectivity index (χ3n) is 1.63. The third-order valence-corrected chi connectivity index (χ3v) is 1.63. The molecule has 0 bridgehead atoms. The van der Waals surface area contributed by atoms with Gasteiger partial charge in [0.05, 0.1) is 6.07 Å². The fourth-order valence-electron chi connectivity index (χ4n) is 1.000. The van der Waals surface area contributed by atoms with Gasteiger partial charge in [0.1, 0.15) is 0 Å². The number of hydrogen-bond acceptors (Lipinski definition) is 2. The van der Waals surface area contributed by atoms with Crippen LogP contribution in [0.5, 0.6) is 0 Å². The normalized spacial score (nSPS) is 9.69. The van der Waals surface area contributed by atoms with Gasteiger partial charge in [-0.1, -0.05) is 13.8 Å². The van der Waals surface area contributed by atoms with E-state index in [0.717, 1.165) is 12.8 Å². The quantitative estimate of drug-likeness (QED) is 0.637. The van der Waals surface area contributed by atoms with Gasteiger partial charge in [-0.25, -0.2) is 0 Å². The average molecular weight is 182 g/mol. The van der Waals surface area contributed by atoms with Crippen LogP contribution in [0.1, 0.15) is 39.5 Å². The Kier molecular flexibility index (Phi) is 6.99. The number of amides is 1. The molecular weight excluding hydrogens is 164 g/mol. The lowest BCUT2D eigenvalue weighted by Gasteiger charge is -2.05. The number of nitrogens with zero attached hydrogens (tertiary/aromatic N) is 1. The highest BCUT2D eigenvalue weighted by Gasteiger charge is 2.02. The first-order valence-electron chi connectivity index (χ1n) is 4.80. The molecule has 1 N–H and O–H groups in total. The molecule has 0 aromatic heterocycles. The minimum Gasteiger partial charge on any atom is -0.356 e. The Hall–Kier alpha value is -1.04. The van der Waals surface area contributed by atoms with Crippen molar-refractivity contribution in [2.24, 2.45) is 5.92 Å². The maximum absolute atomic E-state index is 11.1. The Labute approximate surface area is 80.1 Å². The molecule has 0 fully saturated rings. The summed E-state index contributed by atoms with van der Waals surface area (Å²) < 4.78 is 0. The molecule has 0 aliphatic rings. The van der Waals surface area contributed by atoms with Gasteiger partial charge in [-0.3, -0.25) is 4.79 Å². The van der Waals surface area contributed by atoms with Crippen LogP contribution in [0.3, 0.4) is 0 Å². The van der Waals surface area contributed by atoms with Crippen molar-refractivity contribution >= 4 is 5.91 Å². The summed E-state index contributed by atoms with van der Waals surface area (Å²) in [6.45, 7) is 4.75. The summed E-state index contributed by atoms with van der Waals surface area (Å²) in [6.07, 6.45) is 2.95. The lowest BCUT2D eigenvalue weighted by molar-refractivity contribution is -0.121. The first-order valence-corrected chi connectivity index (χ1v) is 4.80. The Morgan fingerprint density at radius 2 is 2.15 bits per heavy atom. The first kappa shape index (κ1) is 12.0. The zero-order valence-corrected chi connectivity index (χ0v) is 8.47. The second-order valence-electron chi connectivity index (χ2n) is 3.56. The molecule has 1 amide bonds. The highest BCUT2D eigenvalue weighted by Crippen LogP contribution is 1.98. The molecule has 0 heterocycles. The molecule has 74 valence electrons. The van der Waals surface area contributed by atoms with Crippen LogP contribution >= 0.6 is 0 Å². The molecule has 13 heavy (non-hydrogen) atoms. The molecule has 0 saturated heterocycles. The molecule has 0 saturated carbocycles. The highest BCUT2D eigenvalue weighted by molar-refractivity contribution is 5.75. The van der Waals surface area contributed by atoms with Crippen LogP contribution in [0, 0.1) is 17.2 Å². The molecule has 0 unspecified atom stereocenters. The standard InChI is InChI=1S/C10H18N2O/c1-9(2)8-10(13)12-7-5-3-4-6-11/h9H,3-5,7-8H2,1-2H3,(H,12,13). The molecule has 0 aliphatic heterocycles. The van der Waals surface area contributed by atoms with Gasteiger partial charge in [0, 0.05) is 19.4 Å². The van der Waals surface area contributed by atoms with Gasteiger partial charge in [-0.2, -0.15) is 5.26 Å². The Balaban J connectivity index is 3.23. The summed E-state index contributed by atoms with van der Waals surface area (Å²) in [6, 6.07) is 2.08. The number of unbranched alkanes of at least 4 members (excludes halogenated alkanes) is 2. The molecule has 0 rings (SSSR count). The zero-order chi connectivity index (χ0) is 10.1. The molecule has 0 aromatic rings. The van der Waals surface area contributed by atoms with Crippen LogP contribution in [0.2, 0.25) is 0 Å². The molecule has 3 nitrogen and oxygen atoms in total. The van der Waals surface area contributed by atoms with Crippen LogP contribution in [-0.2, 0) is 4.79 Å². The number of carbonyl (C=O) groups is 1. The SMILES string of the molecule is CC(C)CC(=O)NCCCCC#N. The largest absolute Gasteiger partial charge is 0.356 e. The molecule has 0 spiro atoms. The second-order valence-corrected chi connectivity index (χ2v) is 3.56. The van der Waals surface area contributed by atoms with Gasteiger partial charge in [-0.05, 0) is 18.8 Å². The molecule has 3 heteroatoms. The number of hydrogen-bond donors (Lipinski definition) is 1. The lowest BCUT2D eigenvalue weighted by atomic mass is 10.1. The second kappa shape index (κ2) is 7.60. The van der Waals surface area contributed by atoms with E-state index in [9.17, 15) is 4.79 Å². The molecule has 0 aliphatic carbocycles. The van der Waals surface area contributed by atoms with Crippen molar-refractivity contribution in [2.75, 3.05) is 6.54 Å². The van der Waals surface area contributed by atoms with E-state index in [4.69, 9.17) is 5.26 Å². The minimum atomic E-state index is 0.118. The van der Waals surface area contributed by atoms with Gasteiger partial charge in [0.15, 0.2) is 0 Å². The van der Waals surface area contributed by atoms with E-state index >= 15 is 0 Å². The Bertz CT molecular complexity index is 182. The fraction of sp³-hybridized carbons (Fsp3) is 0.800. The van der Waals surface area contributed by atoms with Crippen LogP contribution in [0.15, 0.2) is 0 Å². The monoisotopic (exact) mass is 182 g/mol. The number of rotatable bonds is 6. The van der Waals surface area contributed by atoms with Gasteiger partial charge < -0.3 is 5.32 Å². The molecular formula is C10H18N2O. The van der Waals surface area contributed by atoms with Crippen molar-refractivity contribution in [3.8, 4) is 6.07 Å². The smallest absolute Gasteiger partial charge is 0.220 e. The van der Waals surface area contributed by atoms with Crippen molar-refractivity contribution in [3.63, 3.8) is 0 Å². The van der Waals surface area contributed by atoms with E-state index in [1.54, 1.807) is 0 Å². The maximum atomic E-state index is 11.1. The number of nitrogens with one attached hydrogen (secondary N) is 1. The van der Waals surface area contributed by atoms with E-state index in [-0.39, 0.29) is 5.91 Å². The summed E-state index contributed by atoms with van der Waals surface area (Å²) in [4.78, 5) is 11.1. The van der Waals surface area contributed by atoms with Crippen molar-refractivity contribution in [1.29, 1.82) is 5.26 Å². The summed E-state index contributed by atoms with van der Waals surface area (Å²) in [5, 5.41) is 11.1. The molecule has 0 radical (unpaired) electrons. The summed E-state index contributed by atoms with van der Waals surface area (Å²) in [5.74, 6) is 0.533. The summed E-state index contributed by atoms with van der Waals surface area (Å²) >= 11 is 0. The average Bonchev–Trinajstić information content (AvgIpc) is 2.02. The zero-order valence-electron chi connectivity index (χ0n) is 8.47. The van der Waals surface area contributed by atoms with Crippen molar-refractivity contribution in [2.45, 2.75) is 39.5 Å². The molecule has 0 aromatic carbocycles. The lowest BCUT2D eigenvalue weighted by Crippen LogP contribution is -2.25. The van der Waals surface area contributed by atoms with E-state index in [1.807, 2.05) is 13.8 Å². The third kappa shape index (κ3) is 8.87. The van der Waals surface area contributed by atoms with Crippen molar-refractivity contribution in [1.82, 2.24) is 5.32 Å². The highest BCUT2D eigenvalue weighted by atomic mass is 16.1. The van der Waals surface area contributed by atoms with E-state index in [2.05, 4.69) is 11.4 Å². The topological polar surface area (TPSA) is 52.9 Å². The minimum absolute atomic E-state index is 0.118. The predicted molar refractivity (Wildman–Crippen MR) is 51.9 cm³/mol. The van der Waals surface area contributed by atoms with Crippen molar-refractivity contribution < 1.29 is 4.79 Å². The molecule has 0 atom stereocenters. The van der Waals surface area contributed by atoms with Crippen molar-refractivity contribution in [3.05, 3.63) is 0 Å². The van der Waals surface area contributed by atoms with Gasteiger partial charge in [0.2, 0.25) is 5.91 Å². The van der Waals surface area contributed by atoms with Crippen LogP contribution < -0.4 is 5.32 Å². The Morgan fingerprint density at radius 1 is 1.46 bits per heavy atom. The van der Waals surface area contributed by atoms with Crippen LogP contribution in [0.4, 0.5) is 0 Å². The van der Waals surface area contributed by atoms with E-state index in [0.29, 0.717) is 25.3 Å². The first-order chi connectivity index (χ1) is 6.16. The van der Waals surface area contributed by atoms with E-state index in [1.165, 1.54) is 0 Å². The van der Waals surface area contributed by atoms with Gasteiger partial charge in [0.25, 0.3) is 0 Å². The predicted octanol–water partition coefficient (Wildman–Crippen LogP) is 1.84. The van der Waals surface area contributed by atoms with Gasteiger partial charge in [-0.15, -0.1) is 0 Å². The number of nitriles is 1. The van der Waals surface area contributed by atoms with Crippen LogP contribution in [0.25, 0.3) is 0 Å². The maximum Gasteiger partial charge on any atom is 0.220 e. The van der Waals surface area contributed by atoms with E-state index < -0.39 is 0 Å². The summed E-state index contributed by atoms with van der Waals surface area (Å²) in [5.41, 5.74) is 0. The van der Waals surface area contributed by atoms with Crippen LogP contribution in [-0.4, -0.2) is 12.5 Å². The summed E-state index contributed by atoms with van der Waals surface area (Å²) in [7, 11) is 0. The number of carbonyl (C=O) groups excluding carboxylic acids is 1.